The van der Waals surface area contributed by atoms with E-state index in [0.717, 1.165) is 44.3 Å². The molecule has 1 saturated carbocycles. The zero-order valence-electron chi connectivity index (χ0n) is 15.7. The van der Waals surface area contributed by atoms with Crippen LogP contribution in [0, 0.1) is 0 Å². The zero-order chi connectivity index (χ0) is 18.4. The van der Waals surface area contributed by atoms with Gasteiger partial charge in [0.05, 0.1) is 4.75 Å². The maximum atomic E-state index is 13.1. The molecular formula is C22H28N2OS. The minimum Gasteiger partial charge on any atom is -0.325 e. The van der Waals surface area contributed by atoms with Crippen LogP contribution in [0.25, 0.3) is 0 Å². The largest absolute Gasteiger partial charge is 0.325 e. The molecule has 0 unspecified atom stereocenters. The predicted octanol–water partition coefficient (Wildman–Crippen LogP) is 4.83. The summed E-state index contributed by atoms with van der Waals surface area (Å²) in [5.74, 6) is 0.143. The van der Waals surface area contributed by atoms with Gasteiger partial charge >= 0.3 is 0 Å². The van der Waals surface area contributed by atoms with Gasteiger partial charge < -0.3 is 10.2 Å². The highest BCUT2D eigenvalue weighted by atomic mass is 32.2. The van der Waals surface area contributed by atoms with Crippen molar-refractivity contribution in [2.45, 2.75) is 41.7 Å². The summed E-state index contributed by atoms with van der Waals surface area (Å²) in [4.78, 5) is 16.5. The molecule has 2 aromatic rings. The van der Waals surface area contributed by atoms with Crippen LogP contribution in [0.15, 0.2) is 59.5 Å². The Bertz CT molecular complexity index is 707. The number of nitrogens with one attached hydrogen (secondary N) is 1. The maximum absolute atomic E-state index is 13.1. The lowest BCUT2D eigenvalue weighted by molar-refractivity contribution is -0.118. The van der Waals surface area contributed by atoms with Gasteiger partial charge in [-0.25, -0.2) is 0 Å². The molecule has 0 bridgehead atoms. The van der Waals surface area contributed by atoms with Crippen molar-refractivity contribution >= 4 is 23.4 Å². The van der Waals surface area contributed by atoms with E-state index in [4.69, 9.17) is 0 Å². The van der Waals surface area contributed by atoms with Crippen LogP contribution in [0.3, 0.4) is 0 Å². The molecule has 0 atom stereocenters. The molecule has 4 heteroatoms. The molecule has 1 fully saturated rings. The van der Waals surface area contributed by atoms with Gasteiger partial charge in [-0.1, -0.05) is 43.2 Å². The first-order valence-corrected chi connectivity index (χ1v) is 10.2. The fourth-order valence-electron chi connectivity index (χ4n) is 3.39. The van der Waals surface area contributed by atoms with Gasteiger partial charge in [-0.05, 0) is 63.2 Å². The molecule has 138 valence electrons. The van der Waals surface area contributed by atoms with Crippen molar-refractivity contribution in [2.75, 3.05) is 26.0 Å². The van der Waals surface area contributed by atoms with Crippen molar-refractivity contribution in [3.63, 3.8) is 0 Å². The van der Waals surface area contributed by atoms with E-state index in [0.29, 0.717) is 0 Å². The van der Waals surface area contributed by atoms with Gasteiger partial charge in [0.1, 0.15) is 0 Å². The lowest BCUT2D eigenvalue weighted by atomic mass is 10.1. The minimum absolute atomic E-state index is 0.143. The number of nitrogens with zero attached hydrogens (tertiary/aromatic N) is 1. The lowest BCUT2D eigenvalue weighted by Crippen LogP contribution is -2.37. The summed E-state index contributed by atoms with van der Waals surface area (Å²) in [7, 11) is 4.17. The highest BCUT2D eigenvalue weighted by molar-refractivity contribution is 8.01. The van der Waals surface area contributed by atoms with Crippen LogP contribution in [0.1, 0.15) is 31.2 Å². The van der Waals surface area contributed by atoms with Crippen molar-refractivity contribution < 1.29 is 4.79 Å². The number of amides is 1. The van der Waals surface area contributed by atoms with Gasteiger partial charge in [-0.3, -0.25) is 4.79 Å². The predicted molar refractivity (Wildman–Crippen MR) is 111 cm³/mol. The Morgan fingerprint density at radius 3 is 2.31 bits per heavy atom. The standard InChI is InChI=1S/C22H28N2OS/c1-24(2)17-14-18-10-12-19(13-11-18)23-21(25)22(15-6-7-16-22)26-20-8-4-3-5-9-20/h3-5,8-13H,6-7,14-17H2,1-2H3,(H,23,25). The molecule has 0 aromatic heterocycles. The average molecular weight is 369 g/mol. The first-order chi connectivity index (χ1) is 12.6. The van der Waals surface area contributed by atoms with E-state index in [1.165, 1.54) is 10.5 Å². The fourth-order valence-corrected chi connectivity index (χ4v) is 4.77. The Labute approximate surface area is 161 Å². The molecule has 0 aliphatic heterocycles. The Morgan fingerprint density at radius 2 is 1.69 bits per heavy atom. The minimum atomic E-state index is -0.342. The van der Waals surface area contributed by atoms with Crippen molar-refractivity contribution in [1.29, 1.82) is 0 Å². The maximum Gasteiger partial charge on any atom is 0.240 e. The second-order valence-corrected chi connectivity index (χ2v) is 8.78. The van der Waals surface area contributed by atoms with E-state index >= 15 is 0 Å². The second kappa shape index (κ2) is 8.74. The summed E-state index contributed by atoms with van der Waals surface area (Å²) in [6.07, 6.45) is 5.15. The van der Waals surface area contributed by atoms with E-state index in [1.807, 2.05) is 30.3 Å². The average Bonchev–Trinajstić information content (AvgIpc) is 3.12. The molecule has 0 saturated heterocycles. The third kappa shape index (κ3) is 4.89. The van der Waals surface area contributed by atoms with Crippen LogP contribution in [-0.2, 0) is 11.2 Å². The van der Waals surface area contributed by atoms with Gasteiger partial charge in [-0.15, -0.1) is 11.8 Å². The fraction of sp³-hybridized carbons (Fsp3) is 0.409. The first-order valence-electron chi connectivity index (χ1n) is 9.37. The third-order valence-electron chi connectivity index (χ3n) is 4.94. The quantitative estimate of drug-likeness (QED) is 0.759. The molecule has 3 nitrogen and oxygen atoms in total. The SMILES string of the molecule is CN(C)CCc1ccc(NC(=O)C2(Sc3ccccc3)CCCC2)cc1. The Hall–Kier alpha value is -1.78. The summed E-state index contributed by atoms with van der Waals surface area (Å²) in [6.45, 7) is 1.03. The van der Waals surface area contributed by atoms with Crippen molar-refractivity contribution in [1.82, 2.24) is 4.90 Å². The van der Waals surface area contributed by atoms with Crippen LogP contribution in [-0.4, -0.2) is 36.2 Å². The van der Waals surface area contributed by atoms with Gasteiger partial charge in [0.25, 0.3) is 0 Å². The number of carbonyl (C=O) groups is 1. The molecule has 0 heterocycles. The topological polar surface area (TPSA) is 32.3 Å². The monoisotopic (exact) mass is 368 g/mol. The van der Waals surface area contributed by atoms with Crippen LogP contribution >= 0.6 is 11.8 Å². The molecular weight excluding hydrogens is 340 g/mol. The highest BCUT2D eigenvalue weighted by Crippen LogP contribution is 2.46. The van der Waals surface area contributed by atoms with Crippen LogP contribution in [0.2, 0.25) is 0 Å². The molecule has 0 spiro atoms. The van der Waals surface area contributed by atoms with Gasteiger partial charge in [0.2, 0.25) is 5.91 Å². The van der Waals surface area contributed by atoms with E-state index < -0.39 is 0 Å². The van der Waals surface area contributed by atoms with Crippen LogP contribution < -0.4 is 5.32 Å². The molecule has 2 aromatic carbocycles. The Morgan fingerprint density at radius 1 is 1.04 bits per heavy atom. The van der Waals surface area contributed by atoms with Crippen LogP contribution in [0.5, 0.6) is 0 Å². The molecule has 1 amide bonds. The summed E-state index contributed by atoms with van der Waals surface area (Å²) >= 11 is 1.72. The number of hydrogen-bond donors (Lipinski definition) is 1. The number of thioether (sulfide) groups is 1. The normalized spacial score (nSPS) is 16.0. The summed E-state index contributed by atoms with van der Waals surface area (Å²) in [6, 6.07) is 18.6. The van der Waals surface area contributed by atoms with E-state index in [-0.39, 0.29) is 10.7 Å². The summed E-state index contributed by atoms with van der Waals surface area (Å²) < 4.78 is -0.342. The van der Waals surface area contributed by atoms with Crippen molar-refractivity contribution in [3.05, 3.63) is 60.2 Å². The Kier molecular flexibility index (Phi) is 6.38. The molecule has 1 aliphatic carbocycles. The number of benzene rings is 2. The number of carbonyl (C=O) groups excluding carboxylic acids is 1. The first kappa shape index (κ1) is 19.0. The van der Waals surface area contributed by atoms with Gasteiger partial charge in [0.15, 0.2) is 0 Å². The molecule has 1 aliphatic rings. The smallest absolute Gasteiger partial charge is 0.240 e. The number of rotatable bonds is 7. The van der Waals surface area contributed by atoms with E-state index in [2.05, 4.69) is 48.6 Å². The molecule has 0 radical (unpaired) electrons. The zero-order valence-corrected chi connectivity index (χ0v) is 16.5. The second-order valence-electron chi connectivity index (χ2n) is 7.32. The Balaban J connectivity index is 1.66. The summed E-state index contributed by atoms with van der Waals surface area (Å²) in [5.41, 5.74) is 2.19. The molecule has 1 N–H and O–H groups in total. The number of likely N-dealkylation sites (N-methyl/N-ethyl adjacent to an activating group) is 1. The molecule has 3 rings (SSSR count). The highest BCUT2D eigenvalue weighted by Gasteiger charge is 2.42. The van der Waals surface area contributed by atoms with Gasteiger partial charge in [-0.2, -0.15) is 0 Å². The van der Waals surface area contributed by atoms with Crippen molar-refractivity contribution in [3.8, 4) is 0 Å². The summed E-state index contributed by atoms with van der Waals surface area (Å²) in [5, 5.41) is 3.17. The van der Waals surface area contributed by atoms with Crippen LogP contribution in [0.4, 0.5) is 5.69 Å². The van der Waals surface area contributed by atoms with Gasteiger partial charge in [0, 0.05) is 17.1 Å². The third-order valence-corrected chi connectivity index (χ3v) is 6.43. The number of anilines is 1. The van der Waals surface area contributed by atoms with E-state index in [1.54, 1.807) is 11.8 Å². The van der Waals surface area contributed by atoms with Crippen molar-refractivity contribution in [2.24, 2.45) is 0 Å². The lowest BCUT2D eigenvalue weighted by Gasteiger charge is -2.27. The molecule has 26 heavy (non-hydrogen) atoms. The number of hydrogen-bond acceptors (Lipinski definition) is 3. The van der Waals surface area contributed by atoms with E-state index in [9.17, 15) is 4.79 Å².